The molecule has 0 N–H and O–H groups in total. The predicted molar refractivity (Wildman–Crippen MR) is 43.5 cm³/mol. The standard InChI is InChI=1S/C7H8N2OS/c1-6-9-7(4-11-6)2-3-8-5-10/h4H,2-3H2,1H3. The molecule has 0 aliphatic rings. The maximum Gasteiger partial charge on any atom is 0.234 e. The Kier molecular flexibility index (Phi) is 2.95. The van der Waals surface area contributed by atoms with Gasteiger partial charge in [-0.05, 0) is 6.92 Å². The summed E-state index contributed by atoms with van der Waals surface area (Å²) in [6.45, 7) is 2.45. The zero-order valence-electron chi connectivity index (χ0n) is 6.20. The molecule has 1 heterocycles. The Hall–Kier alpha value is -0.990. The molecule has 1 rings (SSSR count). The molecule has 0 atom stereocenters. The van der Waals surface area contributed by atoms with Crippen molar-refractivity contribution in [2.45, 2.75) is 13.3 Å². The lowest BCUT2D eigenvalue weighted by molar-refractivity contribution is 0.563. The minimum absolute atomic E-state index is 0.493. The van der Waals surface area contributed by atoms with Crippen LogP contribution in [0.1, 0.15) is 10.7 Å². The lowest BCUT2D eigenvalue weighted by atomic mass is 10.3. The van der Waals surface area contributed by atoms with Gasteiger partial charge in [0.15, 0.2) is 0 Å². The highest BCUT2D eigenvalue weighted by Gasteiger charge is 1.95. The second kappa shape index (κ2) is 4.01. The van der Waals surface area contributed by atoms with Crippen LogP contribution in [0.5, 0.6) is 0 Å². The van der Waals surface area contributed by atoms with Crippen molar-refractivity contribution in [1.82, 2.24) is 4.98 Å². The fraction of sp³-hybridized carbons (Fsp3) is 0.429. The molecule has 0 aromatic carbocycles. The van der Waals surface area contributed by atoms with Gasteiger partial charge in [0.05, 0.1) is 17.2 Å². The van der Waals surface area contributed by atoms with Gasteiger partial charge in [-0.1, -0.05) is 0 Å². The number of rotatable bonds is 3. The minimum atomic E-state index is 0.493. The van der Waals surface area contributed by atoms with E-state index in [1.165, 1.54) is 6.08 Å². The zero-order valence-corrected chi connectivity index (χ0v) is 7.02. The summed E-state index contributed by atoms with van der Waals surface area (Å²) in [5.74, 6) is 0. The van der Waals surface area contributed by atoms with Gasteiger partial charge in [-0.15, -0.1) is 11.3 Å². The lowest BCUT2D eigenvalue weighted by Crippen LogP contribution is -1.88. The Morgan fingerprint density at radius 3 is 3.18 bits per heavy atom. The maximum absolute atomic E-state index is 9.69. The largest absolute Gasteiger partial charge is 0.247 e. The lowest BCUT2D eigenvalue weighted by Gasteiger charge is -1.86. The van der Waals surface area contributed by atoms with Gasteiger partial charge in [-0.2, -0.15) is 0 Å². The van der Waals surface area contributed by atoms with Crippen LogP contribution in [0.4, 0.5) is 0 Å². The van der Waals surface area contributed by atoms with Crippen LogP contribution in [-0.2, 0) is 11.2 Å². The normalized spacial score (nSPS) is 9.18. The van der Waals surface area contributed by atoms with Crippen molar-refractivity contribution in [3.63, 3.8) is 0 Å². The molecule has 0 saturated heterocycles. The summed E-state index contributed by atoms with van der Waals surface area (Å²) >= 11 is 1.61. The number of thiazole rings is 1. The van der Waals surface area contributed by atoms with Crippen molar-refractivity contribution in [1.29, 1.82) is 0 Å². The van der Waals surface area contributed by atoms with Crippen LogP contribution in [0.15, 0.2) is 10.4 Å². The minimum Gasteiger partial charge on any atom is -0.247 e. The van der Waals surface area contributed by atoms with E-state index < -0.39 is 0 Å². The van der Waals surface area contributed by atoms with Crippen molar-refractivity contribution >= 4 is 17.4 Å². The van der Waals surface area contributed by atoms with Crippen LogP contribution >= 0.6 is 11.3 Å². The Balaban J connectivity index is 2.44. The van der Waals surface area contributed by atoms with Crippen LogP contribution < -0.4 is 0 Å². The number of carbonyl (C=O) groups excluding carboxylic acids is 1. The first-order valence-corrected chi connectivity index (χ1v) is 4.15. The average Bonchev–Trinajstić information content (AvgIpc) is 2.37. The molecule has 0 aliphatic heterocycles. The number of aliphatic imine (C=N–C) groups is 1. The predicted octanol–water partition coefficient (Wildman–Crippen LogP) is 1.33. The van der Waals surface area contributed by atoms with E-state index in [9.17, 15) is 4.79 Å². The second-order valence-corrected chi connectivity index (χ2v) is 3.14. The summed E-state index contributed by atoms with van der Waals surface area (Å²) in [7, 11) is 0. The van der Waals surface area contributed by atoms with Gasteiger partial charge in [0.2, 0.25) is 6.08 Å². The van der Waals surface area contributed by atoms with E-state index in [2.05, 4.69) is 9.98 Å². The molecule has 11 heavy (non-hydrogen) atoms. The highest BCUT2D eigenvalue weighted by Crippen LogP contribution is 2.07. The SMILES string of the molecule is Cc1nc(CCN=C=O)cs1. The molecular weight excluding hydrogens is 160 g/mol. The molecule has 0 radical (unpaired) electrons. The molecule has 0 spiro atoms. The topological polar surface area (TPSA) is 42.3 Å². The number of nitrogens with zero attached hydrogens (tertiary/aromatic N) is 2. The first kappa shape index (κ1) is 8.11. The molecule has 0 unspecified atom stereocenters. The van der Waals surface area contributed by atoms with Crippen molar-refractivity contribution in [3.05, 3.63) is 16.1 Å². The third-order valence-corrected chi connectivity index (χ3v) is 2.03. The van der Waals surface area contributed by atoms with E-state index >= 15 is 0 Å². The number of aryl methyl sites for hydroxylation is 1. The van der Waals surface area contributed by atoms with Crippen LogP contribution in [0.25, 0.3) is 0 Å². The molecular formula is C7H8N2OS. The highest BCUT2D eigenvalue weighted by molar-refractivity contribution is 7.09. The molecule has 3 nitrogen and oxygen atoms in total. The highest BCUT2D eigenvalue weighted by atomic mass is 32.1. The molecule has 1 aromatic rings. The van der Waals surface area contributed by atoms with Crippen LogP contribution in [0, 0.1) is 6.92 Å². The van der Waals surface area contributed by atoms with Crippen molar-refractivity contribution < 1.29 is 4.79 Å². The Bertz CT molecular complexity index is 276. The second-order valence-electron chi connectivity index (χ2n) is 2.08. The maximum atomic E-state index is 9.69. The van der Waals surface area contributed by atoms with Gasteiger partial charge >= 0.3 is 0 Å². The zero-order chi connectivity index (χ0) is 8.10. The first-order chi connectivity index (χ1) is 5.33. The molecule has 1 aromatic heterocycles. The van der Waals surface area contributed by atoms with Gasteiger partial charge in [0.25, 0.3) is 0 Å². The number of hydrogen-bond donors (Lipinski definition) is 0. The summed E-state index contributed by atoms with van der Waals surface area (Å²) < 4.78 is 0. The van der Waals surface area contributed by atoms with E-state index in [4.69, 9.17) is 0 Å². The molecule has 0 saturated carbocycles. The van der Waals surface area contributed by atoms with E-state index in [1.807, 2.05) is 12.3 Å². The monoisotopic (exact) mass is 168 g/mol. The summed E-state index contributed by atoms with van der Waals surface area (Å²) in [6.07, 6.45) is 2.23. The average molecular weight is 168 g/mol. The van der Waals surface area contributed by atoms with E-state index in [1.54, 1.807) is 11.3 Å². The van der Waals surface area contributed by atoms with Crippen LogP contribution in [-0.4, -0.2) is 17.6 Å². The van der Waals surface area contributed by atoms with Crippen molar-refractivity contribution in [2.24, 2.45) is 4.99 Å². The summed E-state index contributed by atoms with van der Waals surface area (Å²) in [6, 6.07) is 0. The third kappa shape index (κ3) is 2.62. The van der Waals surface area contributed by atoms with Crippen LogP contribution in [0.2, 0.25) is 0 Å². The van der Waals surface area contributed by atoms with Crippen molar-refractivity contribution in [3.8, 4) is 0 Å². The molecule has 0 aliphatic carbocycles. The molecule has 58 valence electrons. The summed E-state index contributed by atoms with van der Waals surface area (Å²) in [4.78, 5) is 17.3. The van der Waals surface area contributed by atoms with Gasteiger partial charge in [-0.25, -0.2) is 14.8 Å². The third-order valence-electron chi connectivity index (χ3n) is 1.21. The molecule has 4 heteroatoms. The smallest absolute Gasteiger partial charge is 0.234 e. The van der Waals surface area contributed by atoms with Gasteiger partial charge in [-0.3, -0.25) is 0 Å². The van der Waals surface area contributed by atoms with Gasteiger partial charge in [0, 0.05) is 11.8 Å². The molecule has 0 amide bonds. The Morgan fingerprint density at radius 1 is 1.82 bits per heavy atom. The van der Waals surface area contributed by atoms with E-state index in [0.717, 1.165) is 17.1 Å². The first-order valence-electron chi connectivity index (χ1n) is 3.27. The number of isocyanates is 1. The molecule has 0 bridgehead atoms. The number of aromatic nitrogens is 1. The quantitative estimate of drug-likeness (QED) is 0.504. The summed E-state index contributed by atoms with van der Waals surface area (Å²) in [5.41, 5.74) is 1.01. The van der Waals surface area contributed by atoms with Gasteiger partial charge in [0.1, 0.15) is 0 Å². The van der Waals surface area contributed by atoms with Crippen LogP contribution in [0.3, 0.4) is 0 Å². The van der Waals surface area contributed by atoms with E-state index in [-0.39, 0.29) is 0 Å². The number of hydrogen-bond acceptors (Lipinski definition) is 4. The molecule has 0 fully saturated rings. The Labute approximate surface area is 68.8 Å². The van der Waals surface area contributed by atoms with Gasteiger partial charge < -0.3 is 0 Å². The fourth-order valence-electron chi connectivity index (χ4n) is 0.739. The summed E-state index contributed by atoms with van der Waals surface area (Å²) in [5, 5.41) is 3.03. The Morgan fingerprint density at radius 2 is 2.64 bits per heavy atom. The van der Waals surface area contributed by atoms with Crippen molar-refractivity contribution in [2.75, 3.05) is 6.54 Å². The fourth-order valence-corrected chi connectivity index (χ4v) is 1.39. The van der Waals surface area contributed by atoms with E-state index in [0.29, 0.717) is 6.54 Å².